The number of hydrogen-bond donors (Lipinski definition) is 2. The molecule has 2 heteroatoms. The number of rotatable bonds is 7. The molecule has 0 spiro atoms. The molecule has 0 fully saturated rings. The van der Waals surface area contributed by atoms with E-state index in [0.29, 0.717) is 0 Å². The number of hydrogen-bond acceptors (Lipinski definition) is 2. The van der Waals surface area contributed by atoms with Crippen molar-refractivity contribution < 1.29 is 10.2 Å². The summed E-state index contributed by atoms with van der Waals surface area (Å²) in [5, 5.41) is 24.7. The Kier molecular flexibility index (Phi) is 8.35. The molecule has 0 saturated carbocycles. The van der Waals surface area contributed by atoms with Gasteiger partial charge in [0.1, 0.15) is 11.2 Å². The molecule has 0 radical (unpaired) electrons. The Labute approximate surface area is 240 Å². The molecular formula is C38H42O2. The molecule has 0 saturated heterocycles. The van der Waals surface area contributed by atoms with Crippen LogP contribution in [0.5, 0.6) is 0 Å². The summed E-state index contributed by atoms with van der Waals surface area (Å²) in [7, 11) is 0. The zero-order chi connectivity index (χ0) is 29.2. The van der Waals surface area contributed by atoms with Gasteiger partial charge in [-0.25, -0.2) is 0 Å². The minimum absolute atomic E-state index is 0.841. The van der Waals surface area contributed by atoms with Crippen LogP contribution in [0.4, 0.5) is 0 Å². The molecule has 2 nitrogen and oxygen atoms in total. The van der Waals surface area contributed by atoms with Crippen molar-refractivity contribution in [3.8, 4) is 0 Å². The minimum Gasteiger partial charge on any atom is -0.377 e. The van der Waals surface area contributed by atoms with Crippen LogP contribution in [0.25, 0.3) is 0 Å². The second-order valence-corrected chi connectivity index (χ2v) is 11.5. The van der Waals surface area contributed by atoms with Gasteiger partial charge in [0, 0.05) is 0 Å². The van der Waals surface area contributed by atoms with Crippen molar-refractivity contribution in [1.29, 1.82) is 0 Å². The van der Waals surface area contributed by atoms with Gasteiger partial charge in [-0.05, 0) is 112 Å². The molecule has 0 atom stereocenters. The summed E-state index contributed by atoms with van der Waals surface area (Å²) >= 11 is 0. The van der Waals surface area contributed by atoms with E-state index in [9.17, 15) is 10.2 Å². The maximum atomic E-state index is 12.3. The molecule has 0 heterocycles. The summed E-state index contributed by atoms with van der Waals surface area (Å²) in [5.41, 5.74) is 9.41. The number of aliphatic hydroxyl groups is 2. The van der Waals surface area contributed by atoms with Crippen LogP contribution in [-0.2, 0) is 11.2 Å². The zero-order valence-electron chi connectivity index (χ0n) is 25.1. The highest BCUT2D eigenvalue weighted by molar-refractivity contribution is 5.52. The van der Waals surface area contributed by atoms with Crippen LogP contribution in [0.2, 0.25) is 0 Å². The highest BCUT2D eigenvalue weighted by atomic mass is 16.3. The van der Waals surface area contributed by atoms with Crippen molar-refractivity contribution in [2.75, 3.05) is 0 Å². The molecule has 4 rings (SSSR count). The first-order valence-electron chi connectivity index (χ1n) is 14.0. The van der Waals surface area contributed by atoms with Gasteiger partial charge in [-0.1, -0.05) is 107 Å². The quantitative estimate of drug-likeness (QED) is 0.235. The second kappa shape index (κ2) is 11.4. The maximum absolute atomic E-state index is 12.3. The molecule has 2 N–H and O–H groups in total. The van der Waals surface area contributed by atoms with Gasteiger partial charge in [-0.2, -0.15) is 0 Å². The Bertz CT molecular complexity index is 1380. The van der Waals surface area contributed by atoms with E-state index in [1.165, 1.54) is 0 Å². The third-order valence-corrected chi connectivity index (χ3v) is 7.96. The lowest BCUT2D eigenvalue weighted by Gasteiger charge is -2.30. The van der Waals surface area contributed by atoms with E-state index in [4.69, 9.17) is 0 Å². The van der Waals surface area contributed by atoms with Crippen LogP contribution in [0, 0.1) is 55.4 Å². The van der Waals surface area contributed by atoms with Crippen molar-refractivity contribution in [2.24, 2.45) is 0 Å². The SMILES string of the molecule is Cc1ccc(C(O)(C=CC=CC(O)(c2ccc(C)cc2C)c2ccc(C)cc2C)c2ccc(C)cc2C)c(C)c1. The number of benzene rings is 4. The van der Waals surface area contributed by atoms with Crippen molar-refractivity contribution >= 4 is 0 Å². The molecular weight excluding hydrogens is 488 g/mol. The summed E-state index contributed by atoms with van der Waals surface area (Å²) in [5.74, 6) is 0. The largest absolute Gasteiger partial charge is 0.377 e. The molecule has 0 unspecified atom stereocenters. The van der Waals surface area contributed by atoms with Gasteiger partial charge < -0.3 is 10.2 Å². The predicted molar refractivity (Wildman–Crippen MR) is 168 cm³/mol. The Morgan fingerprint density at radius 2 is 0.625 bits per heavy atom. The lowest BCUT2D eigenvalue weighted by molar-refractivity contribution is 0.131. The van der Waals surface area contributed by atoms with Crippen LogP contribution in [0.15, 0.2) is 97.1 Å². The summed E-state index contributed by atoms with van der Waals surface area (Å²) < 4.78 is 0. The van der Waals surface area contributed by atoms with E-state index in [2.05, 4.69) is 52.0 Å². The first kappa shape index (κ1) is 29.3. The Morgan fingerprint density at radius 1 is 0.400 bits per heavy atom. The molecule has 0 aliphatic carbocycles. The lowest BCUT2D eigenvalue weighted by Crippen LogP contribution is -2.27. The first-order chi connectivity index (χ1) is 18.8. The molecule has 0 aliphatic rings. The summed E-state index contributed by atoms with van der Waals surface area (Å²) in [6.07, 6.45) is 7.39. The Hall–Kier alpha value is -3.72. The van der Waals surface area contributed by atoms with Crippen LogP contribution in [0.1, 0.15) is 66.8 Å². The minimum atomic E-state index is -1.34. The third-order valence-electron chi connectivity index (χ3n) is 7.96. The average Bonchev–Trinajstić information content (AvgIpc) is 2.86. The lowest BCUT2D eigenvalue weighted by atomic mass is 9.80. The fourth-order valence-corrected chi connectivity index (χ4v) is 6.00. The monoisotopic (exact) mass is 530 g/mol. The van der Waals surface area contributed by atoms with Gasteiger partial charge in [0.05, 0.1) is 0 Å². The number of aryl methyl sites for hydroxylation is 8. The second-order valence-electron chi connectivity index (χ2n) is 11.5. The maximum Gasteiger partial charge on any atom is 0.134 e. The Morgan fingerprint density at radius 3 is 0.825 bits per heavy atom. The van der Waals surface area contributed by atoms with E-state index < -0.39 is 11.2 Å². The van der Waals surface area contributed by atoms with Crippen molar-refractivity contribution in [3.63, 3.8) is 0 Å². The van der Waals surface area contributed by atoms with E-state index >= 15 is 0 Å². The van der Waals surface area contributed by atoms with Crippen LogP contribution >= 0.6 is 0 Å². The zero-order valence-corrected chi connectivity index (χ0v) is 25.1. The van der Waals surface area contributed by atoms with Gasteiger partial charge in [-0.3, -0.25) is 0 Å². The summed E-state index contributed by atoms with van der Waals surface area (Å²) in [6, 6.07) is 24.6. The molecule has 4 aromatic carbocycles. The van der Waals surface area contributed by atoms with Crippen molar-refractivity contribution in [2.45, 2.75) is 66.6 Å². The Balaban J connectivity index is 1.85. The van der Waals surface area contributed by atoms with E-state index in [1.54, 1.807) is 0 Å². The van der Waals surface area contributed by atoms with Crippen molar-refractivity contribution in [1.82, 2.24) is 0 Å². The molecule has 40 heavy (non-hydrogen) atoms. The fourth-order valence-electron chi connectivity index (χ4n) is 6.00. The summed E-state index contributed by atoms with van der Waals surface area (Å²) in [6.45, 7) is 16.4. The molecule has 0 aliphatic heterocycles. The third kappa shape index (κ3) is 5.75. The van der Waals surface area contributed by atoms with Crippen LogP contribution < -0.4 is 0 Å². The first-order valence-corrected chi connectivity index (χ1v) is 14.0. The molecule has 0 amide bonds. The van der Waals surface area contributed by atoms with Gasteiger partial charge in [-0.15, -0.1) is 0 Å². The normalized spacial score (nSPS) is 12.6. The standard InChI is InChI=1S/C38H42O2/c1-25-11-15-33(29(5)21-25)37(39,34-16-12-26(2)22-30(34)6)19-9-10-20-38(40,35-17-13-27(3)23-31(35)7)36-18-14-28(4)24-32(36)8/h9-24,39-40H,1-8H3. The molecule has 206 valence electrons. The summed E-state index contributed by atoms with van der Waals surface area (Å²) in [4.78, 5) is 0. The van der Waals surface area contributed by atoms with Gasteiger partial charge in [0.25, 0.3) is 0 Å². The van der Waals surface area contributed by atoms with Gasteiger partial charge in [0.2, 0.25) is 0 Å². The van der Waals surface area contributed by atoms with Gasteiger partial charge in [0.15, 0.2) is 0 Å². The van der Waals surface area contributed by atoms with Crippen LogP contribution in [-0.4, -0.2) is 10.2 Å². The smallest absolute Gasteiger partial charge is 0.134 e. The molecule has 0 aromatic heterocycles. The predicted octanol–water partition coefficient (Wildman–Crippen LogP) is 8.44. The van der Waals surface area contributed by atoms with Crippen LogP contribution in [0.3, 0.4) is 0 Å². The van der Waals surface area contributed by atoms with E-state index in [1.807, 2.05) is 101 Å². The highest BCUT2D eigenvalue weighted by Gasteiger charge is 2.33. The highest BCUT2D eigenvalue weighted by Crippen LogP contribution is 2.38. The molecule has 4 aromatic rings. The van der Waals surface area contributed by atoms with Gasteiger partial charge >= 0.3 is 0 Å². The fraction of sp³-hybridized carbons (Fsp3) is 0.263. The van der Waals surface area contributed by atoms with Crippen molar-refractivity contribution in [3.05, 3.63) is 164 Å². The van der Waals surface area contributed by atoms with E-state index in [0.717, 1.165) is 66.8 Å². The van der Waals surface area contributed by atoms with E-state index in [-0.39, 0.29) is 0 Å². The molecule has 0 bridgehead atoms. The average molecular weight is 531 g/mol. The topological polar surface area (TPSA) is 40.5 Å². The number of allylic oxidation sites excluding steroid dienone is 2.